The summed E-state index contributed by atoms with van der Waals surface area (Å²) in [6.07, 6.45) is 1.60. The summed E-state index contributed by atoms with van der Waals surface area (Å²) in [6.45, 7) is 6.64. The SMILES string of the molecule is C=C(N)/C=C(/C)NC(C)=O. The van der Waals surface area contributed by atoms with Crippen LogP contribution in [0.25, 0.3) is 0 Å². The Morgan fingerprint density at radius 3 is 2.40 bits per heavy atom. The third-order valence-electron chi connectivity index (χ3n) is 0.775. The molecule has 0 unspecified atom stereocenters. The summed E-state index contributed by atoms with van der Waals surface area (Å²) in [7, 11) is 0. The Kier molecular flexibility index (Phi) is 3.25. The van der Waals surface area contributed by atoms with Crippen LogP contribution in [0.3, 0.4) is 0 Å². The molecule has 0 aromatic heterocycles. The molecule has 0 aromatic carbocycles. The molecule has 3 nitrogen and oxygen atoms in total. The van der Waals surface area contributed by atoms with Gasteiger partial charge >= 0.3 is 0 Å². The Hall–Kier alpha value is -1.25. The molecule has 0 fully saturated rings. The molecule has 0 aliphatic rings. The van der Waals surface area contributed by atoms with Crippen LogP contribution in [0.15, 0.2) is 24.0 Å². The number of amides is 1. The zero-order valence-electron chi connectivity index (χ0n) is 6.27. The highest BCUT2D eigenvalue weighted by Gasteiger charge is 1.90. The zero-order chi connectivity index (χ0) is 8.15. The van der Waals surface area contributed by atoms with Gasteiger partial charge in [0.25, 0.3) is 0 Å². The topological polar surface area (TPSA) is 55.1 Å². The third kappa shape index (κ3) is 4.90. The second-order valence-corrected chi connectivity index (χ2v) is 2.08. The number of nitrogens with one attached hydrogen (secondary N) is 1. The van der Waals surface area contributed by atoms with Crippen molar-refractivity contribution in [1.29, 1.82) is 0 Å². The van der Waals surface area contributed by atoms with Crippen LogP contribution in [0.2, 0.25) is 0 Å². The van der Waals surface area contributed by atoms with Gasteiger partial charge in [-0.1, -0.05) is 6.58 Å². The predicted octanol–water partition coefficient (Wildman–Crippen LogP) is 0.499. The number of hydrogen-bond acceptors (Lipinski definition) is 2. The summed E-state index contributed by atoms with van der Waals surface area (Å²) in [5.41, 5.74) is 6.39. The molecule has 0 atom stereocenters. The number of carbonyl (C=O) groups excluding carboxylic acids is 1. The average molecular weight is 140 g/mol. The number of rotatable bonds is 2. The van der Waals surface area contributed by atoms with E-state index in [2.05, 4.69) is 11.9 Å². The van der Waals surface area contributed by atoms with Crippen molar-refractivity contribution in [2.45, 2.75) is 13.8 Å². The van der Waals surface area contributed by atoms with Gasteiger partial charge in [-0.3, -0.25) is 4.79 Å². The summed E-state index contributed by atoms with van der Waals surface area (Å²) >= 11 is 0. The number of nitrogens with two attached hydrogens (primary N) is 1. The summed E-state index contributed by atoms with van der Waals surface area (Å²) in [6, 6.07) is 0. The average Bonchev–Trinajstić information content (AvgIpc) is 1.58. The Morgan fingerprint density at radius 1 is 1.60 bits per heavy atom. The van der Waals surface area contributed by atoms with Crippen LogP contribution in [0.1, 0.15) is 13.8 Å². The lowest BCUT2D eigenvalue weighted by atomic mass is 10.4. The quantitative estimate of drug-likeness (QED) is 0.549. The van der Waals surface area contributed by atoms with Crippen molar-refractivity contribution < 1.29 is 4.79 Å². The zero-order valence-corrected chi connectivity index (χ0v) is 6.27. The first-order valence-electron chi connectivity index (χ1n) is 2.92. The fourth-order valence-electron chi connectivity index (χ4n) is 0.592. The van der Waals surface area contributed by atoms with Crippen molar-refractivity contribution >= 4 is 5.91 Å². The number of hydrogen-bond donors (Lipinski definition) is 2. The second kappa shape index (κ2) is 3.71. The molecular formula is C7H12N2O. The molecule has 0 saturated heterocycles. The van der Waals surface area contributed by atoms with Crippen molar-refractivity contribution in [2.24, 2.45) is 5.73 Å². The van der Waals surface area contributed by atoms with Gasteiger partial charge in [0.15, 0.2) is 0 Å². The van der Waals surface area contributed by atoms with Crippen LogP contribution in [-0.2, 0) is 4.79 Å². The molecule has 0 bridgehead atoms. The van der Waals surface area contributed by atoms with Gasteiger partial charge in [0.05, 0.1) is 0 Å². The van der Waals surface area contributed by atoms with Crippen molar-refractivity contribution in [3.05, 3.63) is 24.0 Å². The molecule has 1 amide bonds. The molecule has 0 saturated carbocycles. The second-order valence-electron chi connectivity index (χ2n) is 2.08. The summed E-state index contributed by atoms with van der Waals surface area (Å²) in [5.74, 6) is -0.102. The molecule has 10 heavy (non-hydrogen) atoms. The van der Waals surface area contributed by atoms with Gasteiger partial charge < -0.3 is 11.1 Å². The van der Waals surface area contributed by atoms with Gasteiger partial charge in [-0.05, 0) is 13.0 Å². The van der Waals surface area contributed by atoms with Crippen LogP contribution in [0.5, 0.6) is 0 Å². The third-order valence-corrected chi connectivity index (χ3v) is 0.775. The molecule has 3 heteroatoms. The maximum absolute atomic E-state index is 10.4. The van der Waals surface area contributed by atoms with Crippen LogP contribution >= 0.6 is 0 Å². The smallest absolute Gasteiger partial charge is 0.220 e. The lowest BCUT2D eigenvalue weighted by molar-refractivity contribution is -0.118. The van der Waals surface area contributed by atoms with Crippen LogP contribution in [0, 0.1) is 0 Å². The van der Waals surface area contributed by atoms with Crippen molar-refractivity contribution in [3.8, 4) is 0 Å². The fourth-order valence-corrected chi connectivity index (χ4v) is 0.592. The summed E-state index contributed by atoms with van der Waals surface area (Å²) in [4.78, 5) is 10.4. The first-order chi connectivity index (χ1) is 4.52. The minimum Gasteiger partial charge on any atom is -0.399 e. The molecule has 0 aromatic rings. The van der Waals surface area contributed by atoms with E-state index in [0.717, 1.165) is 0 Å². The van der Waals surface area contributed by atoms with E-state index in [0.29, 0.717) is 11.4 Å². The van der Waals surface area contributed by atoms with E-state index >= 15 is 0 Å². The first-order valence-corrected chi connectivity index (χ1v) is 2.92. The van der Waals surface area contributed by atoms with E-state index < -0.39 is 0 Å². The van der Waals surface area contributed by atoms with E-state index in [4.69, 9.17) is 5.73 Å². The lowest BCUT2D eigenvalue weighted by Crippen LogP contribution is -2.17. The van der Waals surface area contributed by atoms with E-state index in [1.54, 1.807) is 13.0 Å². The van der Waals surface area contributed by atoms with Gasteiger partial charge in [0.2, 0.25) is 5.91 Å². The molecule has 0 aliphatic carbocycles. The first kappa shape index (κ1) is 8.75. The number of carbonyl (C=O) groups is 1. The van der Waals surface area contributed by atoms with Crippen molar-refractivity contribution in [3.63, 3.8) is 0 Å². The Bertz CT molecular complexity index is 182. The minimum absolute atomic E-state index is 0.102. The van der Waals surface area contributed by atoms with Gasteiger partial charge in [0.1, 0.15) is 0 Å². The maximum Gasteiger partial charge on any atom is 0.220 e. The molecule has 0 radical (unpaired) electrons. The fraction of sp³-hybridized carbons (Fsp3) is 0.286. The summed E-state index contributed by atoms with van der Waals surface area (Å²) < 4.78 is 0. The lowest BCUT2D eigenvalue weighted by Gasteiger charge is -1.99. The minimum atomic E-state index is -0.102. The van der Waals surface area contributed by atoms with E-state index in [1.165, 1.54) is 6.92 Å². The van der Waals surface area contributed by atoms with Gasteiger partial charge in [-0.25, -0.2) is 0 Å². The highest BCUT2D eigenvalue weighted by atomic mass is 16.1. The van der Waals surface area contributed by atoms with Crippen LogP contribution < -0.4 is 11.1 Å². The maximum atomic E-state index is 10.4. The van der Waals surface area contributed by atoms with Crippen LogP contribution in [-0.4, -0.2) is 5.91 Å². The van der Waals surface area contributed by atoms with Crippen molar-refractivity contribution in [1.82, 2.24) is 5.32 Å². The van der Waals surface area contributed by atoms with Gasteiger partial charge in [-0.2, -0.15) is 0 Å². The van der Waals surface area contributed by atoms with E-state index in [-0.39, 0.29) is 5.91 Å². The van der Waals surface area contributed by atoms with Gasteiger partial charge in [0, 0.05) is 18.3 Å². The van der Waals surface area contributed by atoms with E-state index in [9.17, 15) is 4.79 Å². The highest BCUT2D eigenvalue weighted by Crippen LogP contribution is 1.89. The highest BCUT2D eigenvalue weighted by molar-refractivity contribution is 5.74. The number of allylic oxidation sites excluding steroid dienone is 2. The molecule has 0 rings (SSSR count). The molecular weight excluding hydrogens is 128 g/mol. The van der Waals surface area contributed by atoms with Gasteiger partial charge in [-0.15, -0.1) is 0 Å². The molecule has 0 aliphatic heterocycles. The monoisotopic (exact) mass is 140 g/mol. The van der Waals surface area contributed by atoms with E-state index in [1.807, 2.05) is 0 Å². The molecule has 3 N–H and O–H groups in total. The van der Waals surface area contributed by atoms with Crippen molar-refractivity contribution in [2.75, 3.05) is 0 Å². The Balaban J connectivity index is 3.95. The van der Waals surface area contributed by atoms with Crippen LogP contribution in [0.4, 0.5) is 0 Å². The molecule has 0 heterocycles. The largest absolute Gasteiger partial charge is 0.399 e. The molecule has 56 valence electrons. The Morgan fingerprint density at radius 2 is 2.10 bits per heavy atom. The standard InChI is InChI=1S/C7H12N2O/c1-5(8)4-6(2)9-7(3)10/h4H,1,8H2,2-3H3,(H,9,10)/b6-4-. The normalized spacial score (nSPS) is 10.8. The summed E-state index contributed by atoms with van der Waals surface area (Å²) in [5, 5.41) is 2.56. The predicted molar refractivity (Wildman–Crippen MR) is 40.9 cm³/mol. The molecule has 0 spiro atoms. The Labute approximate surface area is 60.6 Å².